The lowest BCUT2D eigenvalue weighted by Gasteiger charge is -2.16. The van der Waals surface area contributed by atoms with Gasteiger partial charge in [-0.3, -0.25) is 4.79 Å². The third-order valence-corrected chi connectivity index (χ3v) is 3.91. The van der Waals surface area contributed by atoms with Crippen molar-refractivity contribution in [1.82, 2.24) is 5.32 Å². The monoisotopic (exact) mass is 334 g/mol. The maximum atomic E-state index is 12.1. The van der Waals surface area contributed by atoms with E-state index in [9.17, 15) is 4.79 Å². The Balaban J connectivity index is 2.12. The molecule has 20 heavy (non-hydrogen) atoms. The minimum Gasteiger partial charge on any atom is -0.350 e. The van der Waals surface area contributed by atoms with E-state index in [2.05, 4.69) is 21.2 Å². The standard InChI is InChI=1S/C16H19BrN2O/c1-10(2)15(18)9-19-16(20)13-4-3-12-8-14(17)6-5-11(12)7-13/h3-8,10,15H,9,18H2,1-2H3,(H,19,20). The zero-order valence-corrected chi connectivity index (χ0v) is 13.3. The van der Waals surface area contributed by atoms with Gasteiger partial charge in [0.25, 0.3) is 5.91 Å². The largest absolute Gasteiger partial charge is 0.350 e. The van der Waals surface area contributed by atoms with Crippen LogP contribution < -0.4 is 11.1 Å². The summed E-state index contributed by atoms with van der Waals surface area (Å²) >= 11 is 3.44. The second-order valence-electron chi connectivity index (χ2n) is 5.32. The predicted octanol–water partition coefficient (Wildman–Crippen LogP) is 3.32. The van der Waals surface area contributed by atoms with Gasteiger partial charge in [-0.15, -0.1) is 0 Å². The van der Waals surface area contributed by atoms with E-state index in [-0.39, 0.29) is 11.9 Å². The van der Waals surface area contributed by atoms with Crippen molar-refractivity contribution in [3.05, 3.63) is 46.4 Å². The van der Waals surface area contributed by atoms with Gasteiger partial charge in [0.1, 0.15) is 0 Å². The predicted molar refractivity (Wildman–Crippen MR) is 86.8 cm³/mol. The number of nitrogens with one attached hydrogen (secondary N) is 1. The Labute approximate surface area is 127 Å². The number of amides is 1. The van der Waals surface area contributed by atoms with Crippen molar-refractivity contribution in [1.29, 1.82) is 0 Å². The van der Waals surface area contributed by atoms with Crippen LogP contribution in [0.2, 0.25) is 0 Å². The smallest absolute Gasteiger partial charge is 0.251 e. The summed E-state index contributed by atoms with van der Waals surface area (Å²) in [6, 6.07) is 11.7. The van der Waals surface area contributed by atoms with Gasteiger partial charge < -0.3 is 11.1 Å². The molecule has 2 aromatic carbocycles. The fourth-order valence-corrected chi connectivity index (χ4v) is 2.28. The molecule has 3 nitrogen and oxygen atoms in total. The van der Waals surface area contributed by atoms with E-state index in [1.54, 1.807) is 0 Å². The number of nitrogens with two attached hydrogens (primary N) is 1. The fourth-order valence-electron chi connectivity index (χ4n) is 1.91. The van der Waals surface area contributed by atoms with Crippen molar-refractivity contribution in [2.24, 2.45) is 11.7 Å². The normalized spacial score (nSPS) is 12.7. The Hall–Kier alpha value is -1.39. The molecule has 0 spiro atoms. The third-order valence-electron chi connectivity index (χ3n) is 3.42. The van der Waals surface area contributed by atoms with Gasteiger partial charge in [0.05, 0.1) is 0 Å². The first kappa shape index (κ1) is 15.0. The molecule has 3 N–H and O–H groups in total. The van der Waals surface area contributed by atoms with Crippen molar-refractivity contribution in [3.63, 3.8) is 0 Å². The van der Waals surface area contributed by atoms with Crippen LogP contribution in [-0.2, 0) is 0 Å². The number of halogens is 1. The third kappa shape index (κ3) is 3.58. The second kappa shape index (κ2) is 6.37. The minimum absolute atomic E-state index is 0.0182. The molecule has 0 aliphatic rings. The molecule has 2 rings (SSSR count). The van der Waals surface area contributed by atoms with Gasteiger partial charge in [-0.25, -0.2) is 0 Å². The molecule has 0 aliphatic heterocycles. The van der Waals surface area contributed by atoms with E-state index in [1.807, 2.05) is 50.2 Å². The topological polar surface area (TPSA) is 55.1 Å². The highest BCUT2D eigenvalue weighted by molar-refractivity contribution is 9.10. The average Bonchev–Trinajstić information content (AvgIpc) is 2.43. The molecule has 0 aliphatic carbocycles. The van der Waals surface area contributed by atoms with Gasteiger partial charge in [-0.05, 0) is 41.0 Å². The van der Waals surface area contributed by atoms with Crippen LogP contribution in [0.5, 0.6) is 0 Å². The number of carbonyl (C=O) groups is 1. The first-order valence-electron chi connectivity index (χ1n) is 6.70. The zero-order chi connectivity index (χ0) is 14.7. The number of carbonyl (C=O) groups excluding carboxylic acids is 1. The molecule has 0 heterocycles. The first-order chi connectivity index (χ1) is 9.47. The highest BCUT2D eigenvalue weighted by atomic mass is 79.9. The van der Waals surface area contributed by atoms with E-state index in [4.69, 9.17) is 5.73 Å². The number of benzene rings is 2. The minimum atomic E-state index is -0.0779. The molecule has 0 saturated carbocycles. The van der Waals surface area contributed by atoms with Gasteiger partial charge in [0.15, 0.2) is 0 Å². The van der Waals surface area contributed by atoms with Crippen LogP contribution in [0.3, 0.4) is 0 Å². The van der Waals surface area contributed by atoms with Crippen LogP contribution in [0.1, 0.15) is 24.2 Å². The van der Waals surface area contributed by atoms with Gasteiger partial charge in [-0.1, -0.05) is 41.9 Å². The van der Waals surface area contributed by atoms with Crippen LogP contribution >= 0.6 is 15.9 Å². The molecule has 0 bridgehead atoms. The number of fused-ring (bicyclic) bond motifs is 1. The summed E-state index contributed by atoms with van der Waals surface area (Å²) < 4.78 is 1.03. The Bertz CT molecular complexity index is 625. The van der Waals surface area contributed by atoms with Crippen molar-refractivity contribution in [2.45, 2.75) is 19.9 Å². The Kier molecular flexibility index (Phi) is 4.78. The average molecular weight is 335 g/mol. The summed E-state index contributed by atoms with van der Waals surface area (Å²) in [6.45, 7) is 4.59. The van der Waals surface area contributed by atoms with E-state index in [0.717, 1.165) is 15.2 Å². The van der Waals surface area contributed by atoms with Gasteiger partial charge >= 0.3 is 0 Å². The molecule has 0 radical (unpaired) electrons. The number of hydrogen-bond acceptors (Lipinski definition) is 2. The molecule has 0 fully saturated rings. The maximum Gasteiger partial charge on any atom is 0.251 e. The molecule has 0 aromatic heterocycles. The molecule has 2 aromatic rings. The number of hydrogen-bond donors (Lipinski definition) is 2. The number of rotatable bonds is 4. The summed E-state index contributed by atoms with van der Waals surface area (Å²) in [5.41, 5.74) is 6.59. The molecule has 1 unspecified atom stereocenters. The lowest BCUT2D eigenvalue weighted by atomic mass is 10.0. The Morgan fingerprint density at radius 2 is 1.85 bits per heavy atom. The van der Waals surface area contributed by atoms with E-state index >= 15 is 0 Å². The summed E-state index contributed by atoms with van der Waals surface area (Å²) in [6.07, 6.45) is 0. The molecular weight excluding hydrogens is 316 g/mol. The summed E-state index contributed by atoms with van der Waals surface area (Å²) in [5.74, 6) is 0.273. The highest BCUT2D eigenvalue weighted by Crippen LogP contribution is 2.20. The molecule has 1 amide bonds. The Morgan fingerprint density at radius 1 is 1.20 bits per heavy atom. The molecule has 0 saturated heterocycles. The van der Waals surface area contributed by atoms with Gasteiger partial charge in [0, 0.05) is 22.6 Å². The summed E-state index contributed by atoms with van der Waals surface area (Å²) in [7, 11) is 0. The van der Waals surface area contributed by atoms with Gasteiger partial charge in [-0.2, -0.15) is 0 Å². The van der Waals surface area contributed by atoms with Crippen LogP contribution in [0.4, 0.5) is 0 Å². The fraction of sp³-hybridized carbons (Fsp3) is 0.312. The molecule has 106 valence electrons. The van der Waals surface area contributed by atoms with E-state index in [1.165, 1.54) is 0 Å². The van der Waals surface area contributed by atoms with E-state index < -0.39 is 0 Å². The lowest BCUT2D eigenvalue weighted by molar-refractivity contribution is 0.0949. The van der Waals surface area contributed by atoms with E-state index in [0.29, 0.717) is 18.0 Å². The van der Waals surface area contributed by atoms with Crippen molar-refractivity contribution in [3.8, 4) is 0 Å². The van der Waals surface area contributed by atoms with Crippen LogP contribution in [0.15, 0.2) is 40.9 Å². The van der Waals surface area contributed by atoms with Crippen LogP contribution in [0.25, 0.3) is 10.8 Å². The quantitative estimate of drug-likeness (QED) is 0.901. The second-order valence-corrected chi connectivity index (χ2v) is 6.24. The van der Waals surface area contributed by atoms with Crippen LogP contribution in [-0.4, -0.2) is 18.5 Å². The van der Waals surface area contributed by atoms with Crippen LogP contribution in [0, 0.1) is 5.92 Å². The molecular formula is C16H19BrN2O. The highest BCUT2D eigenvalue weighted by Gasteiger charge is 2.11. The zero-order valence-electron chi connectivity index (χ0n) is 11.7. The summed E-state index contributed by atoms with van der Waals surface area (Å²) in [5, 5.41) is 5.04. The lowest BCUT2D eigenvalue weighted by Crippen LogP contribution is -2.40. The van der Waals surface area contributed by atoms with Crippen molar-refractivity contribution < 1.29 is 4.79 Å². The molecule has 1 atom stereocenters. The molecule has 4 heteroatoms. The Morgan fingerprint density at radius 3 is 2.55 bits per heavy atom. The van der Waals surface area contributed by atoms with Gasteiger partial charge in [0.2, 0.25) is 0 Å². The first-order valence-corrected chi connectivity index (χ1v) is 7.50. The van der Waals surface area contributed by atoms with Crippen molar-refractivity contribution >= 4 is 32.6 Å². The summed E-state index contributed by atoms with van der Waals surface area (Å²) in [4.78, 5) is 12.1. The van der Waals surface area contributed by atoms with Crippen molar-refractivity contribution in [2.75, 3.05) is 6.54 Å². The maximum absolute atomic E-state index is 12.1. The SMILES string of the molecule is CC(C)C(N)CNC(=O)c1ccc2cc(Br)ccc2c1.